The highest BCUT2D eigenvalue weighted by Gasteiger charge is 2.01. The lowest BCUT2D eigenvalue weighted by Gasteiger charge is -2.06. The highest BCUT2D eigenvalue weighted by atomic mass is 16.6. The van der Waals surface area contributed by atoms with Gasteiger partial charge >= 0.3 is 0 Å². The Bertz CT molecular complexity index is 163. The van der Waals surface area contributed by atoms with Crippen molar-refractivity contribution in [2.75, 3.05) is 6.54 Å². The third kappa shape index (κ3) is 4.53. The van der Waals surface area contributed by atoms with Gasteiger partial charge in [0.15, 0.2) is 0 Å². The van der Waals surface area contributed by atoms with E-state index in [1.807, 2.05) is 6.92 Å². The quantitative estimate of drug-likeness (QED) is 0.357. The molecule has 0 rings (SSSR count). The molecule has 0 heterocycles. The molecule has 0 saturated carbocycles. The van der Waals surface area contributed by atoms with Crippen molar-refractivity contribution in [3.8, 4) is 0 Å². The fraction of sp³-hybridized carbons (Fsp3) is 0.750. The molecular formula is C8H15NO2. The summed E-state index contributed by atoms with van der Waals surface area (Å²) in [5.41, 5.74) is 1.12. The largest absolute Gasteiger partial charge is 0.264 e. The molecule has 0 aromatic rings. The van der Waals surface area contributed by atoms with Crippen LogP contribution in [0.15, 0.2) is 11.6 Å². The standard InChI is InChI=1S/C8H15NO2/c1-4-7(2)8(3)5-6-9(10)11/h5,7H,4,6H2,1-3H3/b8-5+. The monoisotopic (exact) mass is 157 g/mol. The van der Waals surface area contributed by atoms with E-state index in [2.05, 4.69) is 13.8 Å². The molecule has 3 heteroatoms. The average molecular weight is 157 g/mol. The summed E-state index contributed by atoms with van der Waals surface area (Å²) in [5, 5.41) is 9.98. The summed E-state index contributed by atoms with van der Waals surface area (Å²) < 4.78 is 0. The van der Waals surface area contributed by atoms with Crippen molar-refractivity contribution in [1.29, 1.82) is 0 Å². The van der Waals surface area contributed by atoms with Crippen LogP contribution in [-0.2, 0) is 0 Å². The molecule has 3 nitrogen and oxygen atoms in total. The molecule has 0 aromatic carbocycles. The SMILES string of the molecule is CCC(C)/C(C)=C/C[N+](=O)[O-]. The fourth-order valence-electron chi connectivity index (χ4n) is 0.742. The van der Waals surface area contributed by atoms with E-state index in [0.717, 1.165) is 12.0 Å². The van der Waals surface area contributed by atoms with E-state index in [1.165, 1.54) is 0 Å². The summed E-state index contributed by atoms with van der Waals surface area (Å²) in [6, 6.07) is 0. The van der Waals surface area contributed by atoms with E-state index in [9.17, 15) is 10.1 Å². The zero-order valence-corrected chi connectivity index (χ0v) is 7.33. The van der Waals surface area contributed by atoms with Gasteiger partial charge in [-0.15, -0.1) is 0 Å². The van der Waals surface area contributed by atoms with Crippen LogP contribution >= 0.6 is 0 Å². The van der Waals surface area contributed by atoms with Crippen LogP contribution < -0.4 is 0 Å². The molecule has 0 fully saturated rings. The fourth-order valence-corrected chi connectivity index (χ4v) is 0.742. The van der Waals surface area contributed by atoms with Crippen LogP contribution in [-0.4, -0.2) is 11.5 Å². The molecule has 1 unspecified atom stereocenters. The van der Waals surface area contributed by atoms with E-state index >= 15 is 0 Å². The first-order chi connectivity index (χ1) is 5.07. The first-order valence-corrected chi connectivity index (χ1v) is 3.86. The summed E-state index contributed by atoms with van der Waals surface area (Å²) in [6.07, 6.45) is 2.73. The number of nitrogens with zero attached hydrogens (tertiary/aromatic N) is 1. The first-order valence-electron chi connectivity index (χ1n) is 3.86. The van der Waals surface area contributed by atoms with Crippen molar-refractivity contribution >= 4 is 0 Å². The average Bonchev–Trinajstić information content (AvgIpc) is 1.98. The lowest BCUT2D eigenvalue weighted by Crippen LogP contribution is -2.00. The van der Waals surface area contributed by atoms with Gasteiger partial charge in [-0.05, 0) is 25.3 Å². The number of hydrogen-bond acceptors (Lipinski definition) is 2. The van der Waals surface area contributed by atoms with Crippen LogP contribution in [0.5, 0.6) is 0 Å². The Kier molecular flexibility index (Phi) is 4.50. The highest BCUT2D eigenvalue weighted by molar-refractivity contribution is 5.01. The van der Waals surface area contributed by atoms with Gasteiger partial charge in [0.05, 0.1) is 0 Å². The van der Waals surface area contributed by atoms with Crippen LogP contribution in [0, 0.1) is 16.0 Å². The van der Waals surface area contributed by atoms with Crippen molar-refractivity contribution in [3.63, 3.8) is 0 Å². The molecule has 64 valence electrons. The van der Waals surface area contributed by atoms with Gasteiger partial charge < -0.3 is 0 Å². The number of rotatable bonds is 4. The summed E-state index contributed by atoms with van der Waals surface area (Å²) in [5.74, 6) is 0.468. The Morgan fingerprint density at radius 1 is 1.73 bits per heavy atom. The Balaban J connectivity index is 3.89. The third-order valence-electron chi connectivity index (χ3n) is 1.95. The minimum atomic E-state index is -0.314. The molecule has 0 bridgehead atoms. The molecule has 0 N–H and O–H groups in total. The Morgan fingerprint density at radius 2 is 2.27 bits per heavy atom. The third-order valence-corrected chi connectivity index (χ3v) is 1.95. The van der Waals surface area contributed by atoms with Gasteiger partial charge in [-0.25, -0.2) is 0 Å². The molecular weight excluding hydrogens is 142 g/mol. The summed E-state index contributed by atoms with van der Waals surface area (Å²) in [7, 11) is 0. The van der Waals surface area contributed by atoms with E-state index in [0.29, 0.717) is 5.92 Å². The Hall–Kier alpha value is -0.860. The molecule has 1 atom stereocenters. The second-order valence-electron chi connectivity index (χ2n) is 2.77. The van der Waals surface area contributed by atoms with Crippen molar-refractivity contribution in [2.24, 2.45) is 5.92 Å². The zero-order chi connectivity index (χ0) is 8.85. The Labute approximate surface area is 67.3 Å². The van der Waals surface area contributed by atoms with Gasteiger partial charge in [0.25, 0.3) is 0 Å². The molecule has 0 saturated heterocycles. The van der Waals surface area contributed by atoms with Crippen molar-refractivity contribution in [2.45, 2.75) is 27.2 Å². The number of nitro groups is 1. The molecule has 0 aliphatic carbocycles. The van der Waals surface area contributed by atoms with E-state index in [4.69, 9.17) is 0 Å². The number of allylic oxidation sites excluding steroid dienone is 1. The molecule has 0 spiro atoms. The van der Waals surface area contributed by atoms with Crippen molar-refractivity contribution in [1.82, 2.24) is 0 Å². The lowest BCUT2D eigenvalue weighted by molar-refractivity contribution is -0.468. The molecule has 0 amide bonds. The predicted octanol–water partition coefficient (Wildman–Crippen LogP) is 2.26. The van der Waals surface area contributed by atoms with Crippen LogP contribution in [0.25, 0.3) is 0 Å². The first kappa shape index (κ1) is 10.1. The topological polar surface area (TPSA) is 43.1 Å². The molecule has 0 aliphatic heterocycles. The van der Waals surface area contributed by atoms with Gasteiger partial charge in [-0.2, -0.15) is 0 Å². The maximum Gasteiger partial charge on any atom is 0.222 e. The molecule has 11 heavy (non-hydrogen) atoms. The minimum absolute atomic E-state index is 0.0455. The smallest absolute Gasteiger partial charge is 0.222 e. The highest BCUT2D eigenvalue weighted by Crippen LogP contribution is 2.12. The second-order valence-corrected chi connectivity index (χ2v) is 2.77. The van der Waals surface area contributed by atoms with E-state index in [1.54, 1.807) is 6.08 Å². The van der Waals surface area contributed by atoms with Crippen LogP contribution in [0.3, 0.4) is 0 Å². The minimum Gasteiger partial charge on any atom is -0.264 e. The molecule has 0 aromatic heterocycles. The summed E-state index contributed by atoms with van der Waals surface area (Å²) >= 11 is 0. The predicted molar refractivity (Wildman–Crippen MR) is 45.1 cm³/mol. The molecule has 0 aliphatic rings. The normalized spacial score (nSPS) is 14.6. The second kappa shape index (κ2) is 4.88. The van der Waals surface area contributed by atoms with Crippen LogP contribution in [0.4, 0.5) is 0 Å². The zero-order valence-electron chi connectivity index (χ0n) is 7.33. The van der Waals surface area contributed by atoms with Gasteiger partial charge in [-0.1, -0.05) is 19.4 Å². The van der Waals surface area contributed by atoms with Crippen molar-refractivity contribution < 1.29 is 4.92 Å². The van der Waals surface area contributed by atoms with Gasteiger partial charge in [0.1, 0.15) is 0 Å². The summed E-state index contributed by atoms with van der Waals surface area (Å²) in [6.45, 7) is 6.05. The van der Waals surface area contributed by atoms with E-state index in [-0.39, 0.29) is 11.5 Å². The number of hydrogen-bond donors (Lipinski definition) is 0. The van der Waals surface area contributed by atoms with Crippen molar-refractivity contribution in [3.05, 3.63) is 21.8 Å². The maximum absolute atomic E-state index is 9.98. The lowest BCUT2D eigenvalue weighted by atomic mass is 10.00. The Morgan fingerprint density at radius 3 is 2.64 bits per heavy atom. The summed E-state index contributed by atoms with van der Waals surface area (Å²) in [4.78, 5) is 9.66. The van der Waals surface area contributed by atoms with Crippen LogP contribution in [0.1, 0.15) is 27.2 Å². The van der Waals surface area contributed by atoms with Gasteiger partial charge in [0.2, 0.25) is 6.54 Å². The maximum atomic E-state index is 9.98. The van der Waals surface area contributed by atoms with E-state index < -0.39 is 0 Å². The van der Waals surface area contributed by atoms with Gasteiger partial charge in [-0.3, -0.25) is 10.1 Å². The van der Waals surface area contributed by atoms with Gasteiger partial charge in [0, 0.05) is 4.92 Å². The molecule has 0 radical (unpaired) electrons. The van der Waals surface area contributed by atoms with Crippen LogP contribution in [0.2, 0.25) is 0 Å².